The van der Waals surface area contributed by atoms with Gasteiger partial charge in [0.25, 0.3) is 0 Å². The highest BCUT2D eigenvalue weighted by Gasteiger charge is 2.27. The molecule has 1 aliphatic rings. The number of ether oxygens (including phenoxy) is 1. The van der Waals surface area contributed by atoms with Gasteiger partial charge in [-0.3, -0.25) is 9.59 Å². The van der Waals surface area contributed by atoms with Crippen molar-refractivity contribution in [1.29, 1.82) is 0 Å². The Kier molecular flexibility index (Phi) is 7.06. The summed E-state index contributed by atoms with van der Waals surface area (Å²) in [5, 5.41) is 3.01. The van der Waals surface area contributed by atoms with E-state index in [0.717, 1.165) is 29.7 Å². The summed E-state index contributed by atoms with van der Waals surface area (Å²) in [6.45, 7) is 4.41. The van der Waals surface area contributed by atoms with Crippen LogP contribution in [0.5, 0.6) is 5.75 Å². The summed E-state index contributed by atoms with van der Waals surface area (Å²) in [4.78, 5) is 26.8. The molecule has 0 bridgehead atoms. The average molecular weight is 380 g/mol. The van der Waals surface area contributed by atoms with Crippen LogP contribution < -0.4 is 10.1 Å². The first-order valence-electron chi connectivity index (χ1n) is 9.97. The minimum atomic E-state index is -0.0155. The standard InChI is InChI=1S/C23H28N2O3/c1-2-28-21-10-8-18(9-11-21)16-22(26)25-14-12-20(13-15-25)23(27)24-17-19-6-4-3-5-7-19/h3-11,20H,2,12-17H2,1H3,(H,24,27). The van der Waals surface area contributed by atoms with Crippen molar-refractivity contribution in [3.63, 3.8) is 0 Å². The second-order valence-corrected chi connectivity index (χ2v) is 7.11. The van der Waals surface area contributed by atoms with Crippen molar-refractivity contribution in [2.24, 2.45) is 5.92 Å². The van der Waals surface area contributed by atoms with Crippen LogP contribution in [-0.4, -0.2) is 36.4 Å². The van der Waals surface area contributed by atoms with Crippen molar-refractivity contribution in [3.05, 3.63) is 65.7 Å². The average Bonchev–Trinajstić information content (AvgIpc) is 2.74. The van der Waals surface area contributed by atoms with Crippen LogP contribution in [0.25, 0.3) is 0 Å². The van der Waals surface area contributed by atoms with E-state index >= 15 is 0 Å². The summed E-state index contributed by atoms with van der Waals surface area (Å²) in [6, 6.07) is 17.6. The van der Waals surface area contributed by atoms with Gasteiger partial charge in [0.15, 0.2) is 0 Å². The van der Waals surface area contributed by atoms with Crippen LogP contribution in [-0.2, 0) is 22.6 Å². The Balaban J connectivity index is 1.42. The fourth-order valence-electron chi connectivity index (χ4n) is 3.48. The van der Waals surface area contributed by atoms with E-state index in [2.05, 4.69) is 5.32 Å². The largest absolute Gasteiger partial charge is 0.494 e. The Morgan fingerprint density at radius 2 is 1.68 bits per heavy atom. The molecule has 1 saturated heterocycles. The summed E-state index contributed by atoms with van der Waals surface area (Å²) in [5.41, 5.74) is 2.08. The molecule has 28 heavy (non-hydrogen) atoms. The predicted octanol–water partition coefficient (Wildman–Crippen LogP) is 3.18. The molecule has 5 heteroatoms. The van der Waals surface area contributed by atoms with Gasteiger partial charge in [0, 0.05) is 25.6 Å². The molecule has 0 aromatic heterocycles. The zero-order valence-corrected chi connectivity index (χ0v) is 16.4. The Hall–Kier alpha value is -2.82. The molecule has 3 rings (SSSR count). The van der Waals surface area contributed by atoms with E-state index in [1.165, 1.54) is 0 Å². The van der Waals surface area contributed by atoms with Gasteiger partial charge in [-0.2, -0.15) is 0 Å². The van der Waals surface area contributed by atoms with E-state index in [-0.39, 0.29) is 17.7 Å². The van der Waals surface area contributed by atoms with Crippen molar-refractivity contribution in [3.8, 4) is 5.75 Å². The van der Waals surface area contributed by atoms with E-state index in [9.17, 15) is 9.59 Å². The summed E-state index contributed by atoms with van der Waals surface area (Å²) in [5.74, 6) is 1.01. The monoisotopic (exact) mass is 380 g/mol. The Bertz CT molecular complexity index is 766. The lowest BCUT2D eigenvalue weighted by Gasteiger charge is -2.31. The van der Waals surface area contributed by atoms with Gasteiger partial charge in [-0.25, -0.2) is 0 Å². The molecule has 2 aromatic rings. The molecular weight excluding hydrogens is 352 g/mol. The molecule has 0 radical (unpaired) electrons. The number of nitrogens with zero attached hydrogens (tertiary/aromatic N) is 1. The van der Waals surface area contributed by atoms with Gasteiger partial charge in [0.1, 0.15) is 5.75 Å². The topological polar surface area (TPSA) is 58.6 Å². The van der Waals surface area contributed by atoms with Crippen LogP contribution in [0.3, 0.4) is 0 Å². The number of benzene rings is 2. The highest BCUT2D eigenvalue weighted by molar-refractivity contribution is 5.81. The molecule has 2 aromatic carbocycles. The normalized spacial score (nSPS) is 14.5. The number of hydrogen-bond acceptors (Lipinski definition) is 3. The summed E-state index contributed by atoms with van der Waals surface area (Å²) in [7, 11) is 0. The van der Waals surface area contributed by atoms with Gasteiger partial charge >= 0.3 is 0 Å². The molecule has 0 unspecified atom stereocenters. The third-order valence-electron chi connectivity index (χ3n) is 5.12. The second kappa shape index (κ2) is 9.93. The van der Waals surface area contributed by atoms with Crippen LogP contribution in [0.15, 0.2) is 54.6 Å². The highest BCUT2D eigenvalue weighted by Crippen LogP contribution is 2.19. The van der Waals surface area contributed by atoms with Crippen molar-refractivity contribution in [2.45, 2.75) is 32.7 Å². The number of carbonyl (C=O) groups excluding carboxylic acids is 2. The molecule has 0 saturated carbocycles. The minimum absolute atomic E-state index is 0.0155. The number of likely N-dealkylation sites (tertiary alicyclic amines) is 1. The smallest absolute Gasteiger partial charge is 0.226 e. The highest BCUT2D eigenvalue weighted by atomic mass is 16.5. The zero-order chi connectivity index (χ0) is 19.8. The predicted molar refractivity (Wildman–Crippen MR) is 109 cm³/mol. The van der Waals surface area contributed by atoms with Gasteiger partial charge in [0.05, 0.1) is 13.0 Å². The van der Waals surface area contributed by atoms with Crippen LogP contribution in [0.2, 0.25) is 0 Å². The molecule has 0 atom stereocenters. The maximum absolute atomic E-state index is 12.6. The molecule has 5 nitrogen and oxygen atoms in total. The van der Waals surface area contributed by atoms with E-state index in [1.54, 1.807) is 0 Å². The number of hydrogen-bond donors (Lipinski definition) is 1. The zero-order valence-electron chi connectivity index (χ0n) is 16.4. The first kappa shape index (κ1) is 19.9. The summed E-state index contributed by atoms with van der Waals surface area (Å²) >= 11 is 0. The molecule has 1 heterocycles. The van der Waals surface area contributed by atoms with Gasteiger partial charge in [-0.05, 0) is 43.0 Å². The number of rotatable bonds is 7. The lowest BCUT2D eigenvalue weighted by atomic mass is 9.95. The SMILES string of the molecule is CCOc1ccc(CC(=O)N2CCC(C(=O)NCc3ccccc3)CC2)cc1. The molecule has 1 N–H and O–H groups in total. The van der Waals surface area contributed by atoms with Crippen molar-refractivity contribution >= 4 is 11.8 Å². The second-order valence-electron chi connectivity index (χ2n) is 7.11. The van der Waals surface area contributed by atoms with E-state index in [0.29, 0.717) is 32.7 Å². The van der Waals surface area contributed by atoms with E-state index in [1.807, 2.05) is 66.4 Å². The first-order valence-corrected chi connectivity index (χ1v) is 9.97. The number of piperidine rings is 1. The molecular formula is C23H28N2O3. The van der Waals surface area contributed by atoms with Gasteiger partial charge in [-0.15, -0.1) is 0 Å². The van der Waals surface area contributed by atoms with Crippen LogP contribution in [0, 0.1) is 5.92 Å². The minimum Gasteiger partial charge on any atom is -0.494 e. The third kappa shape index (κ3) is 5.59. The number of carbonyl (C=O) groups is 2. The summed E-state index contributed by atoms with van der Waals surface area (Å²) in [6.07, 6.45) is 1.82. The van der Waals surface area contributed by atoms with Crippen molar-refractivity contribution in [1.82, 2.24) is 10.2 Å². The Morgan fingerprint density at radius 1 is 1.00 bits per heavy atom. The fourth-order valence-corrected chi connectivity index (χ4v) is 3.48. The van der Waals surface area contributed by atoms with Crippen LogP contribution in [0.4, 0.5) is 0 Å². The van der Waals surface area contributed by atoms with Gasteiger partial charge < -0.3 is 15.0 Å². The number of amides is 2. The number of nitrogens with one attached hydrogen (secondary N) is 1. The molecule has 1 aliphatic heterocycles. The summed E-state index contributed by atoms with van der Waals surface area (Å²) < 4.78 is 5.43. The van der Waals surface area contributed by atoms with Crippen molar-refractivity contribution in [2.75, 3.05) is 19.7 Å². The lowest BCUT2D eigenvalue weighted by Crippen LogP contribution is -2.43. The molecule has 1 fully saturated rings. The first-order chi connectivity index (χ1) is 13.7. The quantitative estimate of drug-likeness (QED) is 0.803. The van der Waals surface area contributed by atoms with Crippen LogP contribution in [0.1, 0.15) is 30.9 Å². The third-order valence-corrected chi connectivity index (χ3v) is 5.12. The van der Waals surface area contributed by atoms with Gasteiger partial charge in [0.2, 0.25) is 11.8 Å². The van der Waals surface area contributed by atoms with Gasteiger partial charge in [-0.1, -0.05) is 42.5 Å². The van der Waals surface area contributed by atoms with Crippen molar-refractivity contribution < 1.29 is 14.3 Å². The lowest BCUT2D eigenvalue weighted by molar-refractivity contribution is -0.135. The molecule has 148 valence electrons. The maximum atomic E-state index is 12.6. The molecule has 0 aliphatic carbocycles. The van der Waals surface area contributed by atoms with Crippen LogP contribution >= 0.6 is 0 Å². The van der Waals surface area contributed by atoms with E-state index < -0.39 is 0 Å². The Labute approximate surface area is 166 Å². The Morgan fingerprint density at radius 3 is 2.32 bits per heavy atom. The maximum Gasteiger partial charge on any atom is 0.226 e. The fraction of sp³-hybridized carbons (Fsp3) is 0.391. The molecule has 0 spiro atoms. The molecule has 2 amide bonds. The van der Waals surface area contributed by atoms with E-state index in [4.69, 9.17) is 4.74 Å².